The molecule has 2 aromatic carbocycles. The molecule has 0 aliphatic carbocycles. The zero-order chi connectivity index (χ0) is 20.1. The van der Waals surface area contributed by atoms with Crippen molar-refractivity contribution in [3.8, 4) is 5.75 Å². The van der Waals surface area contributed by atoms with Gasteiger partial charge in [0, 0.05) is 22.8 Å². The maximum atomic E-state index is 13.9. The molecule has 0 radical (unpaired) electrons. The third-order valence-electron chi connectivity index (χ3n) is 5.33. The van der Waals surface area contributed by atoms with Gasteiger partial charge in [-0.2, -0.15) is 0 Å². The van der Waals surface area contributed by atoms with Crippen molar-refractivity contribution in [1.29, 1.82) is 0 Å². The van der Waals surface area contributed by atoms with E-state index in [1.807, 2.05) is 24.3 Å². The number of nitrogens with one attached hydrogen (secondary N) is 1. The van der Waals surface area contributed by atoms with Gasteiger partial charge in [-0.1, -0.05) is 49.7 Å². The van der Waals surface area contributed by atoms with Gasteiger partial charge in [-0.25, -0.2) is 4.39 Å². The monoisotopic (exact) mass is 421 g/mol. The third-order valence-corrected chi connectivity index (χ3v) is 6.54. The number of fused-ring (bicyclic) bond motifs is 1. The Hall–Kier alpha value is -1.72. The summed E-state index contributed by atoms with van der Waals surface area (Å²) in [6, 6.07) is 12.4. The minimum Gasteiger partial charge on any atom is -0.487 e. The Labute approximate surface area is 175 Å². The Morgan fingerprint density at radius 1 is 1.29 bits per heavy atom. The van der Waals surface area contributed by atoms with E-state index in [0.29, 0.717) is 16.3 Å². The molecule has 1 aliphatic heterocycles. The first-order chi connectivity index (χ1) is 13.5. The molecule has 28 heavy (non-hydrogen) atoms. The second-order valence-corrected chi connectivity index (χ2v) is 8.50. The molecule has 3 rings (SSSR count). The predicted molar refractivity (Wildman–Crippen MR) is 113 cm³/mol. The molecule has 2 aromatic rings. The van der Waals surface area contributed by atoms with Crippen LogP contribution >= 0.6 is 23.4 Å². The summed E-state index contributed by atoms with van der Waals surface area (Å²) in [7, 11) is 0. The molecule has 1 aliphatic rings. The fourth-order valence-electron chi connectivity index (χ4n) is 3.56. The SMILES string of the molecule is CCC1(CC)CC(NC(=O)CSCc2ccc(Cl)cc2F)c2ccccc2O1. The van der Waals surface area contributed by atoms with Crippen LogP contribution in [0.5, 0.6) is 5.75 Å². The average Bonchev–Trinajstić information content (AvgIpc) is 2.69. The highest BCUT2D eigenvalue weighted by atomic mass is 35.5. The highest BCUT2D eigenvalue weighted by Crippen LogP contribution is 2.42. The zero-order valence-electron chi connectivity index (χ0n) is 16.1. The highest BCUT2D eigenvalue weighted by molar-refractivity contribution is 7.99. The third kappa shape index (κ3) is 4.81. The van der Waals surface area contributed by atoms with E-state index in [0.717, 1.165) is 30.6 Å². The molecule has 0 spiro atoms. The molecule has 0 aromatic heterocycles. The molecule has 6 heteroatoms. The van der Waals surface area contributed by atoms with Crippen molar-refractivity contribution in [1.82, 2.24) is 5.32 Å². The lowest BCUT2D eigenvalue weighted by atomic mass is 9.83. The largest absolute Gasteiger partial charge is 0.487 e. The smallest absolute Gasteiger partial charge is 0.230 e. The van der Waals surface area contributed by atoms with Gasteiger partial charge in [-0.3, -0.25) is 4.79 Å². The number of hydrogen-bond acceptors (Lipinski definition) is 3. The van der Waals surface area contributed by atoms with Crippen molar-refractivity contribution >= 4 is 29.3 Å². The van der Waals surface area contributed by atoms with Crippen LogP contribution in [0.2, 0.25) is 5.02 Å². The molecule has 1 amide bonds. The van der Waals surface area contributed by atoms with Crippen molar-refractivity contribution in [3.63, 3.8) is 0 Å². The van der Waals surface area contributed by atoms with Crippen molar-refractivity contribution in [3.05, 3.63) is 64.4 Å². The number of rotatable bonds is 7. The standard InChI is InChI=1S/C22H25ClFNO2S/c1-3-22(4-2)12-19(17-7-5-6-8-20(17)27-22)25-21(26)14-28-13-15-9-10-16(23)11-18(15)24/h5-11,19H,3-4,12-14H2,1-2H3,(H,25,26). The van der Waals surface area contributed by atoms with E-state index in [-0.39, 0.29) is 29.1 Å². The maximum absolute atomic E-state index is 13.9. The zero-order valence-corrected chi connectivity index (χ0v) is 17.7. The van der Waals surface area contributed by atoms with Gasteiger partial charge >= 0.3 is 0 Å². The molecule has 1 atom stereocenters. The molecule has 3 nitrogen and oxygen atoms in total. The highest BCUT2D eigenvalue weighted by Gasteiger charge is 2.38. The van der Waals surface area contributed by atoms with Gasteiger partial charge in [0.25, 0.3) is 0 Å². The van der Waals surface area contributed by atoms with Crippen molar-refractivity contribution in [2.24, 2.45) is 0 Å². The summed E-state index contributed by atoms with van der Waals surface area (Å²) in [5.74, 6) is 1.15. The van der Waals surface area contributed by atoms with Gasteiger partial charge in [0.2, 0.25) is 5.91 Å². The van der Waals surface area contributed by atoms with E-state index in [1.165, 1.54) is 17.8 Å². The summed E-state index contributed by atoms with van der Waals surface area (Å²) < 4.78 is 20.1. The Morgan fingerprint density at radius 3 is 2.75 bits per heavy atom. The van der Waals surface area contributed by atoms with E-state index >= 15 is 0 Å². The molecular formula is C22H25ClFNO2S. The van der Waals surface area contributed by atoms with Crippen LogP contribution in [0.15, 0.2) is 42.5 Å². The molecule has 1 unspecified atom stereocenters. The van der Waals surface area contributed by atoms with Crippen molar-refractivity contribution in [2.75, 3.05) is 5.75 Å². The van der Waals surface area contributed by atoms with Crippen LogP contribution in [0.3, 0.4) is 0 Å². The summed E-state index contributed by atoms with van der Waals surface area (Å²) in [6.45, 7) is 4.24. The number of carbonyl (C=O) groups excluding carboxylic acids is 1. The number of amides is 1. The van der Waals surface area contributed by atoms with Gasteiger partial charge in [0.15, 0.2) is 0 Å². The van der Waals surface area contributed by atoms with Crippen LogP contribution in [0.25, 0.3) is 0 Å². The molecule has 1 N–H and O–H groups in total. The lowest BCUT2D eigenvalue weighted by molar-refractivity contribution is -0.120. The van der Waals surface area contributed by atoms with Crippen molar-refractivity contribution < 1.29 is 13.9 Å². The molecule has 0 saturated heterocycles. The van der Waals surface area contributed by atoms with Gasteiger partial charge in [-0.15, -0.1) is 11.8 Å². The summed E-state index contributed by atoms with van der Waals surface area (Å²) in [5.41, 5.74) is 1.31. The molecule has 1 heterocycles. The number of para-hydroxylation sites is 1. The number of halogens is 2. The summed E-state index contributed by atoms with van der Waals surface area (Å²) >= 11 is 7.17. The van der Waals surface area contributed by atoms with Crippen LogP contribution in [0.4, 0.5) is 4.39 Å². The molecule has 0 bridgehead atoms. The summed E-state index contributed by atoms with van der Waals surface area (Å²) in [4.78, 5) is 12.6. The van der Waals surface area contributed by atoms with E-state index in [4.69, 9.17) is 16.3 Å². The van der Waals surface area contributed by atoms with Gasteiger partial charge in [0.05, 0.1) is 11.8 Å². The van der Waals surface area contributed by atoms with Crippen LogP contribution in [0.1, 0.15) is 50.3 Å². The summed E-state index contributed by atoms with van der Waals surface area (Å²) in [6.07, 6.45) is 2.52. The lowest BCUT2D eigenvalue weighted by Crippen LogP contribution is -2.44. The Bertz CT molecular complexity index is 841. The minimum atomic E-state index is -0.338. The van der Waals surface area contributed by atoms with Crippen molar-refractivity contribution in [2.45, 2.75) is 50.5 Å². The van der Waals surface area contributed by atoms with Crippen LogP contribution in [0, 0.1) is 5.82 Å². The lowest BCUT2D eigenvalue weighted by Gasteiger charge is -2.41. The Kier molecular flexibility index (Phi) is 6.89. The average molecular weight is 422 g/mol. The number of thioether (sulfide) groups is 1. The normalized spacial score (nSPS) is 17.5. The predicted octanol–water partition coefficient (Wildman–Crippen LogP) is 5.91. The van der Waals surface area contributed by atoms with Gasteiger partial charge in [-0.05, 0) is 36.6 Å². The van der Waals surface area contributed by atoms with Crippen LogP contribution < -0.4 is 10.1 Å². The second kappa shape index (κ2) is 9.19. The molecular weight excluding hydrogens is 397 g/mol. The van der Waals surface area contributed by atoms with E-state index in [2.05, 4.69) is 19.2 Å². The first-order valence-corrected chi connectivity index (χ1v) is 11.1. The van der Waals surface area contributed by atoms with E-state index in [9.17, 15) is 9.18 Å². The van der Waals surface area contributed by atoms with Crippen LogP contribution in [-0.4, -0.2) is 17.3 Å². The number of hydrogen-bond donors (Lipinski definition) is 1. The first kappa shape index (κ1) is 21.0. The van der Waals surface area contributed by atoms with Gasteiger partial charge < -0.3 is 10.1 Å². The van der Waals surface area contributed by atoms with E-state index < -0.39 is 0 Å². The number of carbonyl (C=O) groups is 1. The fourth-order valence-corrected chi connectivity index (χ4v) is 4.54. The molecule has 0 saturated carbocycles. The maximum Gasteiger partial charge on any atom is 0.230 e. The van der Waals surface area contributed by atoms with Gasteiger partial charge in [0.1, 0.15) is 17.2 Å². The molecule has 150 valence electrons. The second-order valence-electron chi connectivity index (χ2n) is 7.08. The quantitative estimate of drug-likeness (QED) is 0.603. The summed E-state index contributed by atoms with van der Waals surface area (Å²) in [5, 5.41) is 3.53. The number of benzene rings is 2. The van der Waals surface area contributed by atoms with E-state index in [1.54, 1.807) is 12.1 Å². The van der Waals surface area contributed by atoms with Crippen LogP contribution in [-0.2, 0) is 10.5 Å². The minimum absolute atomic E-state index is 0.0535. The Balaban J connectivity index is 1.62. The number of ether oxygens (including phenoxy) is 1. The fraction of sp³-hybridized carbons (Fsp3) is 0.409. The topological polar surface area (TPSA) is 38.3 Å². The first-order valence-electron chi connectivity index (χ1n) is 9.55. The Morgan fingerprint density at radius 2 is 2.04 bits per heavy atom. The molecule has 0 fully saturated rings.